The van der Waals surface area contributed by atoms with Gasteiger partial charge in [0.15, 0.2) is 0 Å². The molecule has 1 aliphatic carbocycles. The molecule has 1 saturated carbocycles. The lowest BCUT2D eigenvalue weighted by Gasteiger charge is -2.28. The van der Waals surface area contributed by atoms with Gasteiger partial charge >= 0.3 is 5.97 Å². The van der Waals surface area contributed by atoms with E-state index in [9.17, 15) is 4.79 Å². The molecule has 0 bridgehead atoms. The molecule has 2 aromatic carbocycles. The summed E-state index contributed by atoms with van der Waals surface area (Å²) in [6.45, 7) is 1.23. The number of nitrogens with zero attached hydrogens (tertiary/aromatic N) is 2. The number of carboxylic acid groups (broad SMARTS) is 1. The van der Waals surface area contributed by atoms with E-state index in [0.29, 0.717) is 18.4 Å². The number of methoxy groups -OCH3 is 1. The second-order valence-electron chi connectivity index (χ2n) is 8.50. The average molecular weight is 435 g/mol. The molecule has 1 heterocycles. The zero-order valence-electron chi connectivity index (χ0n) is 18.4. The molecule has 32 heavy (non-hydrogen) atoms. The lowest BCUT2D eigenvalue weighted by molar-refractivity contribution is -0.142. The summed E-state index contributed by atoms with van der Waals surface area (Å²) >= 11 is 0. The largest absolute Gasteiger partial charge is 0.497 e. The van der Waals surface area contributed by atoms with Gasteiger partial charge in [-0.1, -0.05) is 42.5 Å². The van der Waals surface area contributed by atoms with E-state index < -0.39 is 5.97 Å². The Kier molecular flexibility index (Phi) is 7.22. The van der Waals surface area contributed by atoms with Gasteiger partial charge in [0.05, 0.1) is 13.7 Å². The number of hydrogen-bond acceptors (Lipinski definition) is 4. The Bertz CT molecular complexity index is 1010. The van der Waals surface area contributed by atoms with Crippen LogP contribution in [0.25, 0.3) is 22.4 Å². The van der Waals surface area contributed by atoms with E-state index in [1.54, 1.807) is 7.11 Å². The number of benzene rings is 2. The number of carbonyl (C=O) groups is 1. The third kappa shape index (κ3) is 5.56. The topological polar surface area (TPSA) is 73.6 Å². The minimum Gasteiger partial charge on any atom is -0.497 e. The average Bonchev–Trinajstić information content (AvgIpc) is 3.24. The summed E-state index contributed by atoms with van der Waals surface area (Å²) in [5.74, 6) is 0.960. The fourth-order valence-corrected chi connectivity index (χ4v) is 4.46. The highest BCUT2D eigenvalue weighted by atomic mass is 16.5. The summed E-state index contributed by atoms with van der Waals surface area (Å²) < 4.78 is 12.7. The zero-order valence-corrected chi connectivity index (χ0v) is 18.4. The molecule has 1 fully saturated rings. The Morgan fingerprint density at radius 1 is 1.00 bits per heavy atom. The molecule has 0 amide bonds. The summed E-state index contributed by atoms with van der Waals surface area (Å²) in [6, 6.07) is 18.4. The van der Waals surface area contributed by atoms with Crippen molar-refractivity contribution in [2.45, 2.75) is 32.2 Å². The maximum Gasteiger partial charge on any atom is 0.329 e. The van der Waals surface area contributed by atoms with Gasteiger partial charge in [-0.15, -0.1) is 0 Å². The van der Waals surface area contributed by atoms with Crippen LogP contribution in [-0.2, 0) is 16.1 Å². The van der Waals surface area contributed by atoms with Crippen LogP contribution in [0.5, 0.6) is 5.75 Å². The first-order chi connectivity index (χ1) is 15.6. The van der Waals surface area contributed by atoms with Crippen molar-refractivity contribution in [2.24, 2.45) is 11.8 Å². The normalized spacial score (nSPS) is 18.4. The molecule has 1 aromatic heterocycles. The maximum absolute atomic E-state index is 10.6. The van der Waals surface area contributed by atoms with Crippen molar-refractivity contribution in [2.75, 3.05) is 20.3 Å². The number of aromatic nitrogens is 2. The Hall–Kier alpha value is -3.12. The van der Waals surface area contributed by atoms with Crippen molar-refractivity contribution < 1.29 is 19.4 Å². The van der Waals surface area contributed by atoms with Gasteiger partial charge in [-0.05, 0) is 55.2 Å². The van der Waals surface area contributed by atoms with Crippen LogP contribution in [0.1, 0.15) is 25.7 Å². The van der Waals surface area contributed by atoms with Gasteiger partial charge < -0.3 is 14.6 Å². The van der Waals surface area contributed by atoms with Crippen molar-refractivity contribution in [1.82, 2.24) is 9.78 Å². The lowest BCUT2D eigenvalue weighted by atomic mass is 9.82. The number of aliphatic carboxylic acids is 1. The van der Waals surface area contributed by atoms with E-state index in [4.69, 9.17) is 19.7 Å². The summed E-state index contributed by atoms with van der Waals surface area (Å²) in [7, 11) is 1.68. The van der Waals surface area contributed by atoms with E-state index >= 15 is 0 Å². The number of rotatable bonds is 9. The van der Waals surface area contributed by atoms with Crippen LogP contribution in [-0.4, -0.2) is 41.2 Å². The Morgan fingerprint density at radius 2 is 1.69 bits per heavy atom. The van der Waals surface area contributed by atoms with E-state index in [0.717, 1.165) is 60.4 Å². The molecule has 0 unspecified atom stereocenters. The molecule has 0 atom stereocenters. The maximum atomic E-state index is 10.6. The molecule has 1 N–H and O–H groups in total. The van der Waals surface area contributed by atoms with Crippen LogP contribution in [0, 0.1) is 11.8 Å². The van der Waals surface area contributed by atoms with Crippen molar-refractivity contribution >= 4 is 5.97 Å². The number of carboxylic acids is 1. The van der Waals surface area contributed by atoms with Crippen molar-refractivity contribution in [3.05, 3.63) is 60.8 Å². The summed E-state index contributed by atoms with van der Waals surface area (Å²) in [4.78, 5) is 10.6. The molecule has 3 aromatic rings. The SMILES string of the molecule is COc1ccc(-c2cn(CC3CCC(COCC(=O)O)CC3)nc2-c2ccccc2)cc1. The van der Waals surface area contributed by atoms with Crippen LogP contribution < -0.4 is 4.74 Å². The minimum atomic E-state index is -0.903. The van der Waals surface area contributed by atoms with Crippen LogP contribution in [0.15, 0.2) is 60.8 Å². The first-order valence-corrected chi connectivity index (χ1v) is 11.2. The van der Waals surface area contributed by atoms with Gasteiger partial charge in [0.25, 0.3) is 0 Å². The minimum absolute atomic E-state index is 0.205. The number of hydrogen-bond donors (Lipinski definition) is 1. The monoisotopic (exact) mass is 434 g/mol. The van der Waals surface area contributed by atoms with Gasteiger partial charge in [-0.25, -0.2) is 4.79 Å². The van der Waals surface area contributed by atoms with Crippen LogP contribution in [0.3, 0.4) is 0 Å². The molecular formula is C26H30N2O4. The molecule has 0 spiro atoms. The second kappa shape index (κ2) is 10.5. The van der Waals surface area contributed by atoms with Crippen LogP contribution >= 0.6 is 0 Å². The van der Waals surface area contributed by atoms with Crippen molar-refractivity contribution in [3.8, 4) is 28.1 Å². The quantitative estimate of drug-likeness (QED) is 0.505. The second-order valence-corrected chi connectivity index (χ2v) is 8.50. The molecule has 1 aliphatic rings. The Labute approximate surface area is 188 Å². The highest BCUT2D eigenvalue weighted by molar-refractivity contribution is 5.80. The predicted octanol–water partition coefficient (Wildman–Crippen LogP) is 5.13. The van der Waals surface area contributed by atoms with Crippen LogP contribution in [0.2, 0.25) is 0 Å². The smallest absolute Gasteiger partial charge is 0.329 e. The summed E-state index contributed by atoms with van der Waals surface area (Å²) in [5.41, 5.74) is 4.34. The summed E-state index contributed by atoms with van der Waals surface area (Å²) in [6.07, 6.45) is 6.52. The molecule has 0 saturated heterocycles. The molecule has 168 valence electrons. The van der Waals surface area contributed by atoms with Gasteiger partial charge in [0.1, 0.15) is 18.1 Å². The van der Waals surface area contributed by atoms with E-state index in [-0.39, 0.29) is 6.61 Å². The third-order valence-corrected chi connectivity index (χ3v) is 6.20. The Morgan fingerprint density at radius 3 is 2.34 bits per heavy atom. The van der Waals surface area contributed by atoms with E-state index in [1.165, 1.54) is 0 Å². The van der Waals surface area contributed by atoms with Gasteiger partial charge in [-0.3, -0.25) is 4.68 Å². The number of ether oxygens (including phenoxy) is 2. The highest BCUT2D eigenvalue weighted by Gasteiger charge is 2.23. The summed E-state index contributed by atoms with van der Waals surface area (Å²) in [5, 5.41) is 13.7. The molecule has 4 rings (SSSR count). The third-order valence-electron chi connectivity index (χ3n) is 6.20. The fraction of sp³-hybridized carbons (Fsp3) is 0.385. The molecule has 6 heteroatoms. The van der Waals surface area contributed by atoms with E-state index in [1.807, 2.05) is 30.3 Å². The van der Waals surface area contributed by atoms with E-state index in [2.05, 4.69) is 35.1 Å². The van der Waals surface area contributed by atoms with Gasteiger partial charge in [0.2, 0.25) is 0 Å². The lowest BCUT2D eigenvalue weighted by Crippen LogP contribution is -2.23. The molecular weight excluding hydrogens is 404 g/mol. The molecule has 0 radical (unpaired) electrons. The van der Waals surface area contributed by atoms with Gasteiger partial charge in [0, 0.05) is 23.9 Å². The first-order valence-electron chi connectivity index (χ1n) is 11.2. The predicted molar refractivity (Wildman–Crippen MR) is 124 cm³/mol. The van der Waals surface area contributed by atoms with Crippen molar-refractivity contribution in [3.63, 3.8) is 0 Å². The van der Waals surface area contributed by atoms with Crippen LogP contribution in [0.4, 0.5) is 0 Å². The zero-order chi connectivity index (χ0) is 22.3. The standard InChI is InChI=1S/C26H30N2O4/c1-31-23-13-11-21(12-14-23)24-16-28(27-26(24)22-5-3-2-4-6-22)15-19-7-9-20(10-8-19)17-32-18-25(29)30/h2-6,11-14,16,19-20H,7-10,15,17-18H2,1H3,(H,29,30). The van der Waals surface area contributed by atoms with Crippen molar-refractivity contribution in [1.29, 1.82) is 0 Å². The van der Waals surface area contributed by atoms with Gasteiger partial charge in [-0.2, -0.15) is 5.10 Å². The Balaban J connectivity index is 1.46. The molecule has 0 aliphatic heterocycles. The highest BCUT2D eigenvalue weighted by Crippen LogP contribution is 2.34. The molecule has 6 nitrogen and oxygen atoms in total. The first kappa shape index (κ1) is 22.1. The fourth-order valence-electron chi connectivity index (χ4n) is 4.46.